The Morgan fingerprint density at radius 2 is 2.04 bits per heavy atom. The Morgan fingerprint density at radius 3 is 2.68 bits per heavy atom. The number of hydrazone groups is 1. The summed E-state index contributed by atoms with van der Waals surface area (Å²) >= 11 is 0. The van der Waals surface area contributed by atoms with Gasteiger partial charge in [0.1, 0.15) is 11.8 Å². The van der Waals surface area contributed by atoms with Gasteiger partial charge in [0.15, 0.2) is 0 Å². The normalized spacial score (nSPS) is 15.3. The van der Waals surface area contributed by atoms with Crippen molar-refractivity contribution in [1.82, 2.24) is 10.3 Å². The van der Waals surface area contributed by atoms with Crippen LogP contribution in [0.1, 0.15) is 31.2 Å². The molecule has 1 atom stereocenters. The Morgan fingerprint density at radius 1 is 1.32 bits per heavy atom. The molecule has 2 amide bonds. The van der Waals surface area contributed by atoms with Crippen LogP contribution in [0.2, 0.25) is 0 Å². The zero-order valence-corrected chi connectivity index (χ0v) is 13.9. The Kier molecular flexibility index (Phi) is 6.45. The van der Waals surface area contributed by atoms with E-state index in [1.54, 1.807) is 6.08 Å². The van der Waals surface area contributed by atoms with Crippen molar-refractivity contribution < 1.29 is 19.5 Å². The number of aliphatic carboxylic acids is 1. The summed E-state index contributed by atoms with van der Waals surface area (Å²) in [6.07, 6.45) is 2.70. The van der Waals surface area contributed by atoms with Gasteiger partial charge in [0, 0.05) is 12.8 Å². The summed E-state index contributed by atoms with van der Waals surface area (Å²) in [5.74, 6) is -1.83. The number of benzene rings is 1. The molecule has 1 aliphatic heterocycles. The molecule has 0 aliphatic carbocycles. The highest BCUT2D eigenvalue weighted by Crippen LogP contribution is 2.14. The minimum Gasteiger partial charge on any atom is -0.480 e. The maximum Gasteiger partial charge on any atom is 0.326 e. The number of hydrogen-bond acceptors (Lipinski definition) is 4. The van der Waals surface area contributed by atoms with Gasteiger partial charge in [-0.3, -0.25) is 9.59 Å². The lowest BCUT2D eigenvalue weighted by molar-refractivity contribution is -0.141. The second kappa shape index (κ2) is 8.77. The molecular weight excluding hydrogens is 322 g/mol. The summed E-state index contributed by atoms with van der Waals surface area (Å²) < 4.78 is 0. The summed E-state index contributed by atoms with van der Waals surface area (Å²) in [6, 6.07) is 8.32. The van der Waals surface area contributed by atoms with Crippen LogP contribution in [0.25, 0.3) is 0 Å². The first-order valence-corrected chi connectivity index (χ1v) is 8.07. The van der Waals surface area contributed by atoms with Crippen LogP contribution in [-0.4, -0.2) is 39.7 Å². The third-order valence-electron chi connectivity index (χ3n) is 3.81. The molecule has 0 fully saturated rings. The highest BCUT2D eigenvalue weighted by atomic mass is 16.4. The molecule has 25 heavy (non-hydrogen) atoms. The Hall–Kier alpha value is -2.96. The number of nitrogens with one attached hydrogen (secondary N) is 1. The first-order chi connectivity index (χ1) is 12.0. The third kappa shape index (κ3) is 5.27. The van der Waals surface area contributed by atoms with Crippen LogP contribution in [0.5, 0.6) is 0 Å². The van der Waals surface area contributed by atoms with Gasteiger partial charge in [0.2, 0.25) is 5.91 Å². The number of allylic oxidation sites excluding steroid dienone is 1. The van der Waals surface area contributed by atoms with E-state index in [1.807, 2.05) is 30.3 Å². The Balaban J connectivity index is 2.07. The first-order valence-electron chi connectivity index (χ1n) is 8.07. The maximum absolute atomic E-state index is 12.3. The standard InChI is InChI=1S/C18H21N3O4/c1-2-3-9-15(18(24)25)19-17(23)14-10-11-16(22)21(20-14)12-13-7-5-4-6-8-13/h2,4-8,15H,1,3,9-12H2,(H,19,23)(H,24,25). The molecule has 1 aromatic rings. The van der Waals surface area contributed by atoms with Crippen molar-refractivity contribution in [3.05, 3.63) is 48.6 Å². The van der Waals surface area contributed by atoms with E-state index in [-0.39, 0.29) is 37.4 Å². The predicted molar refractivity (Wildman–Crippen MR) is 92.7 cm³/mol. The average Bonchev–Trinajstić information content (AvgIpc) is 2.61. The molecule has 1 unspecified atom stereocenters. The molecule has 1 heterocycles. The van der Waals surface area contributed by atoms with Gasteiger partial charge in [-0.25, -0.2) is 9.80 Å². The zero-order valence-electron chi connectivity index (χ0n) is 13.9. The largest absolute Gasteiger partial charge is 0.480 e. The van der Waals surface area contributed by atoms with Crippen LogP contribution in [-0.2, 0) is 20.9 Å². The van der Waals surface area contributed by atoms with E-state index in [4.69, 9.17) is 0 Å². The van der Waals surface area contributed by atoms with Gasteiger partial charge in [-0.15, -0.1) is 6.58 Å². The number of carboxylic acids is 1. The summed E-state index contributed by atoms with van der Waals surface area (Å²) in [5.41, 5.74) is 1.07. The van der Waals surface area contributed by atoms with Crippen LogP contribution in [0, 0.1) is 0 Å². The van der Waals surface area contributed by atoms with Crippen molar-refractivity contribution in [2.45, 2.75) is 38.3 Å². The second-order valence-electron chi connectivity index (χ2n) is 5.71. The van der Waals surface area contributed by atoms with Crippen LogP contribution < -0.4 is 5.32 Å². The fraction of sp³-hybridized carbons (Fsp3) is 0.333. The van der Waals surface area contributed by atoms with E-state index in [0.29, 0.717) is 6.42 Å². The van der Waals surface area contributed by atoms with Crippen LogP contribution >= 0.6 is 0 Å². The number of amides is 2. The monoisotopic (exact) mass is 343 g/mol. The van der Waals surface area contributed by atoms with Crippen molar-refractivity contribution in [3.63, 3.8) is 0 Å². The molecule has 0 radical (unpaired) electrons. The SMILES string of the molecule is C=CCCC(NC(=O)C1=NN(Cc2ccccc2)C(=O)CC1)C(=O)O. The third-order valence-corrected chi connectivity index (χ3v) is 3.81. The lowest BCUT2D eigenvalue weighted by Crippen LogP contribution is -2.46. The van der Waals surface area contributed by atoms with E-state index in [1.165, 1.54) is 5.01 Å². The van der Waals surface area contributed by atoms with Crippen molar-refractivity contribution in [2.24, 2.45) is 5.10 Å². The number of rotatable bonds is 8. The fourth-order valence-electron chi connectivity index (χ4n) is 2.43. The minimum atomic E-state index is -1.11. The molecular formula is C18H21N3O4. The van der Waals surface area contributed by atoms with Gasteiger partial charge in [-0.1, -0.05) is 36.4 Å². The summed E-state index contributed by atoms with van der Waals surface area (Å²) in [5, 5.41) is 17.0. The predicted octanol–water partition coefficient (Wildman–Crippen LogP) is 1.70. The number of hydrogen-bond donors (Lipinski definition) is 2. The van der Waals surface area contributed by atoms with Crippen molar-refractivity contribution in [2.75, 3.05) is 0 Å². The second-order valence-corrected chi connectivity index (χ2v) is 5.71. The molecule has 2 N–H and O–H groups in total. The van der Waals surface area contributed by atoms with E-state index in [2.05, 4.69) is 17.0 Å². The number of nitrogens with zero attached hydrogens (tertiary/aromatic N) is 2. The number of carboxylic acid groups (broad SMARTS) is 1. The van der Waals surface area contributed by atoms with Crippen LogP contribution in [0.15, 0.2) is 48.1 Å². The summed E-state index contributed by atoms with van der Waals surface area (Å²) in [6.45, 7) is 3.82. The minimum absolute atomic E-state index is 0.165. The van der Waals surface area contributed by atoms with Gasteiger partial charge in [-0.2, -0.15) is 5.10 Å². The highest BCUT2D eigenvalue weighted by Gasteiger charge is 2.27. The smallest absolute Gasteiger partial charge is 0.326 e. The van der Waals surface area contributed by atoms with E-state index in [9.17, 15) is 19.5 Å². The molecule has 0 saturated heterocycles. The molecule has 7 heteroatoms. The van der Waals surface area contributed by atoms with E-state index in [0.717, 1.165) is 5.56 Å². The topological polar surface area (TPSA) is 99.1 Å². The molecule has 7 nitrogen and oxygen atoms in total. The van der Waals surface area contributed by atoms with Crippen molar-refractivity contribution in [3.8, 4) is 0 Å². The summed E-state index contributed by atoms with van der Waals surface area (Å²) in [7, 11) is 0. The van der Waals surface area contributed by atoms with Crippen molar-refractivity contribution in [1.29, 1.82) is 0 Å². The van der Waals surface area contributed by atoms with Gasteiger partial charge in [0.25, 0.3) is 5.91 Å². The van der Waals surface area contributed by atoms with Gasteiger partial charge in [-0.05, 0) is 18.4 Å². The van der Waals surface area contributed by atoms with Crippen molar-refractivity contribution >= 4 is 23.5 Å². The molecule has 0 saturated carbocycles. The fourth-order valence-corrected chi connectivity index (χ4v) is 2.43. The Labute approximate surface area is 146 Å². The first kappa shape index (κ1) is 18.4. The van der Waals surface area contributed by atoms with E-state index < -0.39 is 17.9 Å². The number of carbonyl (C=O) groups is 3. The molecule has 0 bridgehead atoms. The van der Waals surface area contributed by atoms with Gasteiger partial charge in [0.05, 0.1) is 6.54 Å². The zero-order chi connectivity index (χ0) is 18.2. The number of carbonyl (C=O) groups excluding carboxylic acids is 2. The lowest BCUT2D eigenvalue weighted by atomic mass is 10.1. The van der Waals surface area contributed by atoms with Gasteiger partial charge < -0.3 is 10.4 Å². The molecule has 0 aromatic heterocycles. The van der Waals surface area contributed by atoms with Crippen LogP contribution in [0.4, 0.5) is 0 Å². The van der Waals surface area contributed by atoms with Gasteiger partial charge >= 0.3 is 5.97 Å². The molecule has 2 rings (SSSR count). The molecule has 1 aromatic carbocycles. The molecule has 1 aliphatic rings. The lowest BCUT2D eigenvalue weighted by Gasteiger charge is -2.24. The highest BCUT2D eigenvalue weighted by molar-refractivity contribution is 6.39. The van der Waals surface area contributed by atoms with E-state index >= 15 is 0 Å². The maximum atomic E-state index is 12.3. The summed E-state index contributed by atoms with van der Waals surface area (Å²) in [4.78, 5) is 35.6. The van der Waals surface area contributed by atoms with Crippen LogP contribution in [0.3, 0.4) is 0 Å². The molecule has 0 spiro atoms. The Bertz CT molecular complexity index is 685. The average molecular weight is 343 g/mol. The quantitative estimate of drug-likeness (QED) is 0.702. The molecule has 132 valence electrons.